The Kier molecular flexibility index (Phi) is 5.47. The van der Waals surface area contributed by atoms with E-state index in [1.165, 1.54) is 23.1 Å². The highest BCUT2D eigenvalue weighted by Crippen LogP contribution is 2.34. The monoisotopic (exact) mass is 528 g/mol. The van der Waals surface area contributed by atoms with Crippen molar-refractivity contribution in [2.75, 3.05) is 18.1 Å². The maximum atomic E-state index is 13.2. The molecule has 4 rings (SSSR count). The molecule has 2 aliphatic rings. The molecule has 29 heavy (non-hydrogen) atoms. The van der Waals surface area contributed by atoms with Crippen LogP contribution in [0.5, 0.6) is 0 Å². The van der Waals surface area contributed by atoms with E-state index in [1.54, 1.807) is 0 Å². The number of alkyl halides is 1. The summed E-state index contributed by atoms with van der Waals surface area (Å²) in [6.45, 7) is -0.276. The highest BCUT2D eigenvalue weighted by Gasteiger charge is 2.39. The van der Waals surface area contributed by atoms with E-state index in [0.29, 0.717) is 18.5 Å². The topological polar surface area (TPSA) is 74.8 Å². The van der Waals surface area contributed by atoms with Crippen LogP contribution in [0.15, 0.2) is 47.4 Å². The Balaban J connectivity index is 1.68. The first-order chi connectivity index (χ1) is 13.8. The fourth-order valence-corrected chi connectivity index (χ4v) is 6.14. The molecule has 0 aliphatic carbocycles. The molecule has 2 aliphatic heterocycles. The summed E-state index contributed by atoms with van der Waals surface area (Å²) in [6, 6.07) is 11.0. The highest BCUT2D eigenvalue weighted by atomic mass is 127. The third kappa shape index (κ3) is 3.59. The summed E-state index contributed by atoms with van der Waals surface area (Å²) in [5.74, 6) is -1.41. The van der Waals surface area contributed by atoms with Gasteiger partial charge < -0.3 is 4.90 Å². The van der Waals surface area contributed by atoms with Gasteiger partial charge in [0.25, 0.3) is 11.7 Å². The third-order valence-corrected chi connectivity index (χ3v) is 7.90. The molecule has 2 aromatic carbocycles. The zero-order chi connectivity index (χ0) is 20.8. The Hall–Kier alpha value is -1.85. The van der Waals surface area contributed by atoms with E-state index in [4.69, 9.17) is 0 Å². The average Bonchev–Trinajstić information content (AvgIpc) is 3.28. The van der Waals surface area contributed by atoms with Gasteiger partial charge in [0.05, 0.1) is 28.7 Å². The first kappa shape index (κ1) is 20.4. The maximum absolute atomic E-state index is 13.2. The van der Waals surface area contributed by atoms with Gasteiger partial charge in [0.15, 0.2) is 0 Å². The third-order valence-electron chi connectivity index (χ3n) is 5.28. The zero-order valence-corrected chi connectivity index (χ0v) is 18.3. The van der Waals surface area contributed by atoms with Gasteiger partial charge in [0.2, 0.25) is 10.0 Å². The van der Waals surface area contributed by atoms with E-state index in [0.717, 1.165) is 13.4 Å². The van der Waals surface area contributed by atoms with Crippen molar-refractivity contribution in [2.24, 2.45) is 0 Å². The van der Waals surface area contributed by atoms with Crippen LogP contribution in [0.25, 0.3) is 0 Å². The molecule has 0 saturated carbocycles. The first-order valence-corrected chi connectivity index (χ1v) is 11.7. The van der Waals surface area contributed by atoms with Gasteiger partial charge in [-0.05, 0) is 71.3 Å². The van der Waals surface area contributed by atoms with Crippen molar-refractivity contribution in [3.63, 3.8) is 0 Å². The number of benzene rings is 2. The molecule has 0 bridgehead atoms. The lowest BCUT2D eigenvalue weighted by Crippen LogP contribution is -2.36. The second kappa shape index (κ2) is 7.77. The molecule has 9 heteroatoms. The van der Waals surface area contributed by atoms with Gasteiger partial charge in [-0.3, -0.25) is 9.59 Å². The lowest BCUT2D eigenvalue weighted by molar-refractivity contribution is -0.114. The van der Waals surface area contributed by atoms with Crippen molar-refractivity contribution in [3.8, 4) is 0 Å². The predicted octanol–water partition coefficient (Wildman–Crippen LogP) is 3.14. The number of carbonyl (C=O) groups is 2. The molecule has 6 nitrogen and oxygen atoms in total. The number of Topliss-reactive ketones (excluding diaryl/α,β-unsaturated/α-hetero) is 1. The van der Waals surface area contributed by atoms with Gasteiger partial charge in [-0.15, -0.1) is 0 Å². The number of carbonyl (C=O) groups excluding carboxylic acids is 2. The number of halogens is 2. The van der Waals surface area contributed by atoms with Crippen molar-refractivity contribution in [2.45, 2.75) is 30.3 Å². The van der Waals surface area contributed by atoms with E-state index in [9.17, 15) is 22.4 Å². The Morgan fingerprint density at radius 3 is 2.66 bits per heavy atom. The first-order valence-electron chi connectivity index (χ1n) is 9.15. The number of nitrogens with zero attached hydrogens (tertiary/aromatic N) is 2. The summed E-state index contributed by atoms with van der Waals surface area (Å²) in [6.07, 6.45) is 1.07. The number of fused-ring (bicyclic) bond motifs is 1. The summed E-state index contributed by atoms with van der Waals surface area (Å²) < 4.78 is 41.3. The van der Waals surface area contributed by atoms with Gasteiger partial charge in [0.1, 0.15) is 6.67 Å². The van der Waals surface area contributed by atoms with Gasteiger partial charge in [-0.25, -0.2) is 12.8 Å². The highest BCUT2D eigenvalue weighted by molar-refractivity contribution is 14.1. The number of amides is 1. The van der Waals surface area contributed by atoms with Crippen molar-refractivity contribution in [1.82, 2.24) is 4.31 Å². The van der Waals surface area contributed by atoms with Crippen LogP contribution in [0.4, 0.5) is 10.1 Å². The molecule has 0 N–H and O–H groups in total. The number of sulfonamides is 1. The fraction of sp³-hybridized carbons (Fsp3) is 0.300. The van der Waals surface area contributed by atoms with Crippen LogP contribution in [0, 0.1) is 3.57 Å². The number of rotatable bonds is 5. The Morgan fingerprint density at radius 2 is 1.93 bits per heavy atom. The molecule has 0 unspecified atom stereocenters. The molecule has 152 valence electrons. The van der Waals surface area contributed by atoms with E-state index >= 15 is 0 Å². The minimum atomic E-state index is -3.93. The number of ketones is 1. The van der Waals surface area contributed by atoms with Gasteiger partial charge in [-0.2, -0.15) is 4.31 Å². The largest absolute Gasteiger partial charge is 0.300 e. The standard InChI is InChI=1S/C20H18FIN2O4S/c21-11-15-5-2-8-24(15)29(27,28)16-6-7-18-17(10-16)19(25)20(26)23(18)12-13-3-1-4-14(22)9-13/h1,3-4,6-7,9-10,15H,2,5,8,11-12H2/t15-/m0/s1. The Labute approximate surface area is 181 Å². The van der Waals surface area contributed by atoms with Crippen LogP contribution in [-0.2, 0) is 21.4 Å². The Morgan fingerprint density at radius 1 is 1.14 bits per heavy atom. The molecule has 1 amide bonds. The lowest BCUT2D eigenvalue weighted by atomic mass is 10.1. The van der Waals surface area contributed by atoms with E-state index in [-0.39, 0.29) is 23.5 Å². The van der Waals surface area contributed by atoms with Crippen molar-refractivity contribution >= 4 is 50.0 Å². The molecule has 1 saturated heterocycles. The smallest absolute Gasteiger partial charge is 0.299 e. The average molecular weight is 528 g/mol. The van der Waals surface area contributed by atoms with Gasteiger partial charge in [-0.1, -0.05) is 12.1 Å². The van der Waals surface area contributed by atoms with Crippen LogP contribution >= 0.6 is 22.6 Å². The molecule has 0 aromatic heterocycles. The number of hydrogen-bond acceptors (Lipinski definition) is 4. The normalized spacial score (nSPS) is 19.8. The minimum absolute atomic E-state index is 0.0673. The van der Waals surface area contributed by atoms with Gasteiger partial charge >= 0.3 is 0 Å². The number of hydrogen-bond donors (Lipinski definition) is 0. The van der Waals surface area contributed by atoms with Crippen molar-refractivity contribution in [1.29, 1.82) is 0 Å². The van der Waals surface area contributed by atoms with Crippen molar-refractivity contribution in [3.05, 3.63) is 57.2 Å². The SMILES string of the molecule is O=C1C(=O)N(Cc2cccc(I)c2)c2ccc(S(=O)(=O)N3CCC[C@H]3CF)cc21. The maximum Gasteiger partial charge on any atom is 0.299 e. The molecular formula is C20H18FIN2O4S. The fourth-order valence-electron chi connectivity index (χ4n) is 3.83. The molecular weight excluding hydrogens is 510 g/mol. The van der Waals surface area contributed by atoms with E-state index in [2.05, 4.69) is 22.6 Å². The summed E-state index contributed by atoms with van der Waals surface area (Å²) in [4.78, 5) is 26.3. The quantitative estimate of drug-likeness (QED) is 0.442. The molecule has 0 spiro atoms. The summed E-state index contributed by atoms with van der Waals surface area (Å²) in [7, 11) is -3.93. The van der Waals surface area contributed by atoms with Crippen LogP contribution in [0.3, 0.4) is 0 Å². The van der Waals surface area contributed by atoms with Crippen LogP contribution in [-0.4, -0.2) is 43.7 Å². The van der Waals surface area contributed by atoms with Crippen molar-refractivity contribution < 1.29 is 22.4 Å². The summed E-state index contributed by atoms with van der Waals surface area (Å²) >= 11 is 2.17. The molecule has 1 fully saturated rings. The minimum Gasteiger partial charge on any atom is -0.300 e. The van der Waals surface area contributed by atoms with E-state index in [1.807, 2.05) is 24.3 Å². The van der Waals surface area contributed by atoms with E-state index < -0.39 is 34.4 Å². The second-order valence-corrected chi connectivity index (χ2v) is 10.2. The summed E-state index contributed by atoms with van der Waals surface area (Å²) in [5, 5.41) is 0. The number of anilines is 1. The van der Waals surface area contributed by atoms with Crippen LogP contribution in [0.2, 0.25) is 0 Å². The molecule has 2 aromatic rings. The molecule has 0 radical (unpaired) electrons. The molecule has 1 atom stereocenters. The second-order valence-electron chi connectivity index (χ2n) is 7.10. The lowest BCUT2D eigenvalue weighted by Gasteiger charge is -2.22. The zero-order valence-electron chi connectivity index (χ0n) is 15.3. The van der Waals surface area contributed by atoms with Crippen LogP contribution < -0.4 is 4.90 Å². The summed E-state index contributed by atoms with van der Waals surface area (Å²) in [5.41, 5.74) is 1.32. The predicted molar refractivity (Wildman–Crippen MR) is 114 cm³/mol. The van der Waals surface area contributed by atoms with Gasteiger partial charge in [0, 0.05) is 10.1 Å². The molecule has 2 heterocycles. The Bertz CT molecular complexity index is 1110. The van der Waals surface area contributed by atoms with Crippen LogP contribution in [0.1, 0.15) is 28.8 Å².